The van der Waals surface area contributed by atoms with Crippen molar-refractivity contribution in [3.63, 3.8) is 0 Å². The van der Waals surface area contributed by atoms with Crippen molar-refractivity contribution in [2.24, 2.45) is 0 Å². The van der Waals surface area contributed by atoms with E-state index in [-0.39, 0.29) is 28.6 Å². The lowest BCUT2D eigenvalue weighted by molar-refractivity contribution is -0.0513. The minimum atomic E-state index is -1.14. The monoisotopic (exact) mass is 310 g/mol. The van der Waals surface area contributed by atoms with Gasteiger partial charge in [0.15, 0.2) is 17.1 Å². The molecule has 0 aromatic carbocycles. The molecule has 0 amide bonds. The summed E-state index contributed by atoms with van der Waals surface area (Å²) in [4.78, 5) is 7.70. The Morgan fingerprint density at radius 1 is 1.67 bits per heavy atom. The van der Waals surface area contributed by atoms with Crippen molar-refractivity contribution < 1.29 is 14.2 Å². The molecular weight excluding hydrogens is 299 g/mol. The van der Waals surface area contributed by atoms with E-state index in [0.717, 1.165) is 0 Å². The van der Waals surface area contributed by atoms with Gasteiger partial charge in [0.2, 0.25) is 5.28 Å². The van der Waals surface area contributed by atoms with Crippen LogP contribution in [0.2, 0.25) is 5.28 Å². The first kappa shape index (κ1) is 14.1. The number of halogens is 2. The molecule has 3 heterocycles. The normalized spacial score (nSPS) is 28.9. The maximum atomic E-state index is 14.0. The minimum Gasteiger partial charge on any atom is -0.389 e. The van der Waals surface area contributed by atoms with Crippen molar-refractivity contribution >= 4 is 28.5 Å². The van der Waals surface area contributed by atoms with Crippen LogP contribution in [0.25, 0.3) is 11.0 Å². The maximum absolute atomic E-state index is 14.0. The maximum Gasteiger partial charge on any atom is 0.226 e. The number of aliphatic hydroxyl groups is 1. The predicted octanol–water partition coefficient (Wildman–Crippen LogP) is 1.48. The van der Waals surface area contributed by atoms with Gasteiger partial charge < -0.3 is 20.1 Å². The number of ether oxygens (including phenoxy) is 1. The molecular formula is C13H12ClFN4O2. The van der Waals surface area contributed by atoms with E-state index >= 15 is 0 Å². The molecule has 3 N–H and O–H groups in total. The van der Waals surface area contributed by atoms with E-state index in [1.54, 1.807) is 6.92 Å². The Kier molecular flexibility index (Phi) is 3.06. The lowest BCUT2D eigenvalue weighted by Gasteiger charge is -2.21. The fraction of sp³-hybridized carbons (Fsp3) is 0.385. The lowest BCUT2D eigenvalue weighted by atomic mass is 10.0. The fourth-order valence-electron chi connectivity index (χ4n) is 2.45. The Bertz CT molecular complexity index is 772. The van der Waals surface area contributed by atoms with Gasteiger partial charge in [0.25, 0.3) is 0 Å². The predicted molar refractivity (Wildman–Crippen MR) is 74.9 cm³/mol. The number of fused-ring (bicyclic) bond motifs is 1. The number of hydrogen-bond acceptors (Lipinski definition) is 5. The molecule has 0 saturated carbocycles. The summed E-state index contributed by atoms with van der Waals surface area (Å²) in [5, 5.41) is 9.97. The topological polar surface area (TPSA) is 86.2 Å². The van der Waals surface area contributed by atoms with Crippen molar-refractivity contribution in [1.29, 1.82) is 0 Å². The molecule has 0 radical (unpaired) electrons. The molecule has 110 valence electrons. The van der Waals surface area contributed by atoms with E-state index in [9.17, 15) is 9.50 Å². The zero-order valence-electron chi connectivity index (χ0n) is 11.0. The van der Waals surface area contributed by atoms with Gasteiger partial charge in [-0.25, -0.2) is 9.37 Å². The first-order chi connectivity index (χ1) is 9.85. The van der Waals surface area contributed by atoms with Crippen LogP contribution in [0.15, 0.2) is 6.20 Å². The first-order valence-corrected chi connectivity index (χ1v) is 6.56. The van der Waals surface area contributed by atoms with Crippen LogP contribution in [0.1, 0.15) is 19.6 Å². The van der Waals surface area contributed by atoms with Crippen molar-refractivity contribution in [2.75, 3.05) is 5.73 Å². The smallest absolute Gasteiger partial charge is 0.226 e. The molecule has 1 fully saturated rings. The van der Waals surface area contributed by atoms with Crippen LogP contribution >= 0.6 is 11.6 Å². The van der Waals surface area contributed by atoms with Crippen LogP contribution in [-0.2, 0) is 4.74 Å². The zero-order chi connectivity index (χ0) is 15.4. The molecule has 3 rings (SSSR count). The first-order valence-electron chi connectivity index (χ1n) is 6.18. The van der Waals surface area contributed by atoms with Gasteiger partial charge in [0.1, 0.15) is 12.0 Å². The van der Waals surface area contributed by atoms with Crippen LogP contribution in [0.4, 0.5) is 10.2 Å². The van der Waals surface area contributed by atoms with Gasteiger partial charge in [0.05, 0.1) is 11.5 Å². The quantitative estimate of drug-likeness (QED) is 0.615. The molecule has 0 aliphatic carbocycles. The molecule has 1 aliphatic heterocycles. The molecule has 1 aliphatic rings. The number of anilines is 1. The molecule has 3 atom stereocenters. The van der Waals surface area contributed by atoms with Crippen LogP contribution < -0.4 is 5.73 Å². The fourth-order valence-corrected chi connectivity index (χ4v) is 2.62. The highest BCUT2D eigenvalue weighted by molar-refractivity contribution is 6.28. The third kappa shape index (κ3) is 2.03. The molecule has 0 unspecified atom stereocenters. The number of nitrogen functional groups attached to an aromatic ring is 1. The van der Waals surface area contributed by atoms with Gasteiger partial charge in [-0.15, -0.1) is 6.42 Å². The molecule has 0 spiro atoms. The number of nitrogens with zero attached hydrogens (tertiary/aromatic N) is 3. The van der Waals surface area contributed by atoms with Crippen LogP contribution in [0.5, 0.6) is 0 Å². The standard InChI is InChI=1S/C13H12ClFN4O2/c1-3-13(2)7(20)4-8(21-13)19-5-6(15)9-10(16)17-12(14)18-11(9)19/h1,5,7-8,20H,4H2,2H3,(H2,16,17,18)/t7-,8+,13+/m0/s1. The minimum absolute atomic E-state index is 0.0560. The largest absolute Gasteiger partial charge is 0.389 e. The van der Waals surface area contributed by atoms with Gasteiger partial charge in [-0.3, -0.25) is 0 Å². The van der Waals surface area contributed by atoms with Crippen LogP contribution in [0, 0.1) is 18.2 Å². The summed E-state index contributed by atoms with van der Waals surface area (Å²) in [5.41, 5.74) is 4.72. The van der Waals surface area contributed by atoms with Crippen LogP contribution in [0.3, 0.4) is 0 Å². The summed E-state index contributed by atoms with van der Waals surface area (Å²) in [6.07, 6.45) is 5.23. The van der Waals surface area contributed by atoms with E-state index in [0.29, 0.717) is 0 Å². The Morgan fingerprint density at radius 2 is 2.38 bits per heavy atom. The van der Waals surface area contributed by atoms with Gasteiger partial charge in [-0.1, -0.05) is 5.92 Å². The van der Waals surface area contributed by atoms with Crippen molar-refractivity contribution in [3.8, 4) is 12.3 Å². The van der Waals surface area contributed by atoms with E-state index in [2.05, 4.69) is 15.9 Å². The Balaban J connectivity index is 2.13. The van der Waals surface area contributed by atoms with E-state index < -0.39 is 23.8 Å². The summed E-state index contributed by atoms with van der Waals surface area (Å²) in [6, 6.07) is 0. The molecule has 2 aromatic heterocycles. The van der Waals surface area contributed by atoms with E-state index in [4.69, 9.17) is 28.5 Å². The molecule has 1 saturated heterocycles. The van der Waals surface area contributed by atoms with Crippen LogP contribution in [-0.4, -0.2) is 31.3 Å². The summed E-state index contributed by atoms with van der Waals surface area (Å²) < 4.78 is 21.1. The summed E-state index contributed by atoms with van der Waals surface area (Å²) in [5.74, 6) is 1.76. The Labute approximate surface area is 124 Å². The number of nitrogens with two attached hydrogens (primary N) is 1. The van der Waals surface area contributed by atoms with E-state index in [1.165, 1.54) is 10.8 Å². The lowest BCUT2D eigenvalue weighted by Crippen LogP contribution is -2.33. The van der Waals surface area contributed by atoms with Gasteiger partial charge in [-0.05, 0) is 18.5 Å². The average molecular weight is 311 g/mol. The van der Waals surface area contributed by atoms with Crippen molar-refractivity contribution in [1.82, 2.24) is 14.5 Å². The number of rotatable bonds is 1. The third-order valence-electron chi connectivity index (χ3n) is 3.66. The third-order valence-corrected chi connectivity index (χ3v) is 3.83. The Morgan fingerprint density at radius 3 is 3.00 bits per heavy atom. The molecule has 0 bridgehead atoms. The molecule has 6 nitrogen and oxygen atoms in total. The molecule has 8 heteroatoms. The SMILES string of the molecule is C#C[C@@]1(C)O[C@@H](n2cc(F)c3c(N)nc(Cl)nc32)C[C@@H]1O. The second-order valence-corrected chi connectivity index (χ2v) is 5.37. The Hall–Kier alpha value is -1.88. The number of aliphatic hydroxyl groups excluding tert-OH is 1. The molecule has 21 heavy (non-hydrogen) atoms. The highest BCUT2D eigenvalue weighted by atomic mass is 35.5. The second kappa shape index (κ2) is 4.56. The van der Waals surface area contributed by atoms with Crippen molar-refractivity contribution in [3.05, 3.63) is 17.3 Å². The number of aromatic nitrogens is 3. The average Bonchev–Trinajstić information content (AvgIpc) is 2.89. The number of terminal acetylenes is 1. The second-order valence-electron chi connectivity index (χ2n) is 5.04. The summed E-state index contributed by atoms with van der Waals surface area (Å²) in [6.45, 7) is 1.59. The molecule has 2 aromatic rings. The number of hydrogen-bond donors (Lipinski definition) is 2. The summed E-state index contributed by atoms with van der Waals surface area (Å²) >= 11 is 5.76. The summed E-state index contributed by atoms with van der Waals surface area (Å²) in [7, 11) is 0. The highest BCUT2D eigenvalue weighted by Gasteiger charge is 2.44. The van der Waals surface area contributed by atoms with Gasteiger partial charge in [0, 0.05) is 12.6 Å². The van der Waals surface area contributed by atoms with E-state index in [1.807, 2.05) is 0 Å². The highest BCUT2D eigenvalue weighted by Crippen LogP contribution is 2.38. The van der Waals surface area contributed by atoms with Gasteiger partial charge in [-0.2, -0.15) is 4.98 Å². The zero-order valence-corrected chi connectivity index (χ0v) is 11.8. The van der Waals surface area contributed by atoms with Gasteiger partial charge >= 0.3 is 0 Å². The van der Waals surface area contributed by atoms with Crippen molar-refractivity contribution in [2.45, 2.75) is 31.3 Å².